The standard InChI is InChI=1S/C8H12Br2N2O2/c1-3-5-8(4-2)6(13)11(9)7(14)12(8)10/h3-5H2,1-2H3. The van der Waals surface area contributed by atoms with Crippen molar-refractivity contribution in [2.75, 3.05) is 0 Å². The summed E-state index contributed by atoms with van der Waals surface area (Å²) >= 11 is 6.12. The van der Waals surface area contributed by atoms with Crippen LogP contribution in [0.2, 0.25) is 0 Å². The Balaban J connectivity index is 3.06. The number of amides is 3. The zero-order valence-corrected chi connectivity index (χ0v) is 11.3. The SMILES string of the molecule is CCCC1(CC)C(=O)N(Br)C(=O)N1Br. The predicted molar refractivity (Wildman–Crippen MR) is 59.9 cm³/mol. The van der Waals surface area contributed by atoms with E-state index in [1.807, 2.05) is 13.8 Å². The molecular formula is C8H12Br2N2O2. The molecule has 0 radical (unpaired) electrons. The van der Waals surface area contributed by atoms with Crippen LogP contribution in [-0.2, 0) is 4.79 Å². The van der Waals surface area contributed by atoms with Crippen LogP contribution in [0.3, 0.4) is 0 Å². The number of rotatable bonds is 3. The van der Waals surface area contributed by atoms with Gasteiger partial charge in [0.25, 0.3) is 5.91 Å². The fraction of sp³-hybridized carbons (Fsp3) is 0.750. The van der Waals surface area contributed by atoms with Gasteiger partial charge in [0.2, 0.25) is 0 Å². The summed E-state index contributed by atoms with van der Waals surface area (Å²) in [5.41, 5.74) is -0.713. The van der Waals surface area contributed by atoms with Crippen LogP contribution in [0.4, 0.5) is 4.79 Å². The van der Waals surface area contributed by atoms with Gasteiger partial charge in [-0.05, 0) is 12.8 Å². The van der Waals surface area contributed by atoms with Gasteiger partial charge in [0.15, 0.2) is 0 Å². The summed E-state index contributed by atoms with van der Waals surface area (Å²) in [6, 6.07) is -0.356. The summed E-state index contributed by atoms with van der Waals surface area (Å²) in [5.74, 6) is -0.191. The maximum atomic E-state index is 11.9. The molecule has 0 aliphatic carbocycles. The molecule has 1 atom stereocenters. The lowest BCUT2D eigenvalue weighted by Crippen LogP contribution is -2.44. The number of carbonyl (C=O) groups is 2. The average Bonchev–Trinajstić information content (AvgIpc) is 2.34. The Morgan fingerprint density at radius 1 is 1.29 bits per heavy atom. The zero-order chi connectivity index (χ0) is 10.9. The van der Waals surface area contributed by atoms with Crippen molar-refractivity contribution >= 4 is 44.2 Å². The maximum absolute atomic E-state index is 11.9. The van der Waals surface area contributed by atoms with Crippen LogP contribution in [0.5, 0.6) is 0 Å². The van der Waals surface area contributed by atoms with E-state index in [1.165, 1.54) is 3.93 Å². The van der Waals surface area contributed by atoms with Crippen LogP contribution in [0.15, 0.2) is 0 Å². The van der Waals surface area contributed by atoms with Gasteiger partial charge >= 0.3 is 6.03 Å². The van der Waals surface area contributed by atoms with Crippen molar-refractivity contribution in [1.29, 1.82) is 0 Å². The molecule has 1 fully saturated rings. The Labute approximate surface area is 100 Å². The van der Waals surface area contributed by atoms with E-state index in [9.17, 15) is 9.59 Å². The smallest absolute Gasteiger partial charge is 0.271 e. The third kappa shape index (κ3) is 1.48. The highest BCUT2D eigenvalue weighted by molar-refractivity contribution is 9.08. The van der Waals surface area contributed by atoms with Crippen molar-refractivity contribution in [3.8, 4) is 0 Å². The molecule has 6 heteroatoms. The molecule has 1 heterocycles. The van der Waals surface area contributed by atoms with Crippen LogP contribution in [0, 0.1) is 0 Å². The van der Waals surface area contributed by atoms with Crippen molar-refractivity contribution in [3.05, 3.63) is 0 Å². The summed E-state index contributed by atoms with van der Waals surface area (Å²) in [4.78, 5) is 23.4. The van der Waals surface area contributed by atoms with E-state index in [4.69, 9.17) is 0 Å². The lowest BCUT2D eigenvalue weighted by Gasteiger charge is -2.28. The minimum Gasteiger partial charge on any atom is -0.271 e. The number of carbonyl (C=O) groups excluding carboxylic acids is 2. The molecule has 80 valence electrons. The summed E-state index contributed by atoms with van der Waals surface area (Å²) < 4.78 is 2.33. The number of hydrogen-bond acceptors (Lipinski definition) is 2. The lowest BCUT2D eigenvalue weighted by atomic mass is 9.91. The summed E-state index contributed by atoms with van der Waals surface area (Å²) in [5, 5.41) is 0. The van der Waals surface area contributed by atoms with E-state index in [0.717, 1.165) is 10.3 Å². The molecule has 0 aromatic carbocycles. The molecule has 1 saturated heterocycles. The first-order valence-corrected chi connectivity index (χ1v) is 5.93. The maximum Gasteiger partial charge on any atom is 0.348 e. The van der Waals surface area contributed by atoms with E-state index < -0.39 is 5.54 Å². The van der Waals surface area contributed by atoms with Gasteiger partial charge in [0, 0.05) is 0 Å². The second-order valence-corrected chi connectivity index (χ2v) is 4.70. The first-order chi connectivity index (χ1) is 6.51. The Kier molecular flexibility index (Phi) is 3.58. The van der Waals surface area contributed by atoms with Gasteiger partial charge in [-0.25, -0.2) is 8.72 Å². The lowest BCUT2D eigenvalue weighted by molar-refractivity contribution is -0.128. The highest BCUT2D eigenvalue weighted by Gasteiger charge is 2.54. The topological polar surface area (TPSA) is 40.6 Å². The van der Waals surface area contributed by atoms with Crippen molar-refractivity contribution in [2.45, 2.75) is 38.6 Å². The minimum atomic E-state index is -0.713. The van der Waals surface area contributed by atoms with Gasteiger partial charge in [-0.15, -0.1) is 0 Å². The number of imide groups is 1. The molecule has 4 nitrogen and oxygen atoms in total. The van der Waals surface area contributed by atoms with Crippen LogP contribution in [0.1, 0.15) is 33.1 Å². The molecule has 0 spiro atoms. The largest absolute Gasteiger partial charge is 0.348 e. The Morgan fingerprint density at radius 3 is 2.14 bits per heavy atom. The molecule has 0 aromatic rings. The van der Waals surface area contributed by atoms with Crippen molar-refractivity contribution in [1.82, 2.24) is 7.85 Å². The van der Waals surface area contributed by atoms with Gasteiger partial charge in [0.05, 0.1) is 32.3 Å². The first kappa shape index (κ1) is 12.0. The molecule has 1 aliphatic rings. The second kappa shape index (κ2) is 4.18. The monoisotopic (exact) mass is 326 g/mol. The average molecular weight is 328 g/mol. The van der Waals surface area contributed by atoms with Crippen LogP contribution in [-0.4, -0.2) is 25.3 Å². The van der Waals surface area contributed by atoms with E-state index >= 15 is 0 Å². The minimum absolute atomic E-state index is 0.191. The summed E-state index contributed by atoms with van der Waals surface area (Å²) in [7, 11) is 0. The van der Waals surface area contributed by atoms with Gasteiger partial charge in [-0.1, -0.05) is 20.3 Å². The van der Waals surface area contributed by atoms with Gasteiger partial charge < -0.3 is 0 Å². The summed E-state index contributed by atoms with van der Waals surface area (Å²) in [6.07, 6.45) is 2.13. The third-order valence-electron chi connectivity index (χ3n) is 2.54. The quantitative estimate of drug-likeness (QED) is 0.590. The predicted octanol–water partition coefficient (Wildman–Crippen LogP) is 2.82. The zero-order valence-electron chi connectivity index (χ0n) is 8.09. The molecule has 1 aliphatic heterocycles. The van der Waals surface area contributed by atoms with Gasteiger partial charge in [-0.3, -0.25) is 4.79 Å². The van der Waals surface area contributed by atoms with E-state index in [1.54, 1.807) is 0 Å². The number of halogens is 2. The molecule has 0 aromatic heterocycles. The van der Waals surface area contributed by atoms with Crippen LogP contribution < -0.4 is 0 Å². The fourth-order valence-corrected chi connectivity index (χ4v) is 3.14. The highest BCUT2D eigenvalue weighted by atomic mass is 79.9. The molecule has 3 amide bonds. The third-order valence-corrected chi connectivity index (χ3v) is 4.14. The first-order valence-electron chi connectivity index (χ1n) is 4.51. The van der Waals surface area contributed by atoms with Crippen molar-refractivity contribution in [3.63, 3.8) is 0 Å². The van der Waals surface area contributed by atoms with Crippen molar-refractivity contribution < 1.29 is 9.59 Å². The molecule has 0 N–H and O–H groups in total. The van der Waals surface area contributed by atoms with Crippen molar-refractivity contribution in [2.24, 2.45) is 0 Å². The molecule has 1 rings (SSSR count). The molecule has 14 heavy (non-hydrogen) atoms. The number of urea groups is 1. The van der Waals surface area contributed by atoms with E-state index in [0.29, 0.717) is 12.8 Å². The van der Waals surface area contributed by atoms with Gasteiger partial charge in [0.1, 0.15) is 5.54 Å². The number of nitrogens with zero attached hydrogens (tertiary/aromatic N) is 2. The summed E-state index contributed by atoms with van der Waals surface area (Å²) in [6.45, 7) is 3.90. The number of hydrogen-bond donors (Lipinski definition) is 0. The highest BCUT2D eigenvalue weighted by Crippen LogP contribution is 2.38. The molecule has 1 unspecified atom stereocenters. The Hall–Kier alpha value is -0.100. The Morgan fingerprint density at radius 2 is 1.86 bits per heavy atom. The van der Waals surface area contributed by atoms with Gasteiger partial charge in [-0.2, -0.15) is 3.93 Å². The molecule has 0 saturated carbocycles. The van der Waals surface area contributed by atoms with E-state index in [-0.39, 0.29) is 11.9 Å². The van der Waals surface area contributed by atoms with Crippen LogP contribution >= 0.6 is 32.3 Å². The second-order valence-electron chi connectivity index (χ2n) is 3.28. The molecular weight excluding hydrogens is 316 g/mol. The normalized spacial score (nSPS) is 27.7. The molecule has 0 bridgehead atoms. The van der Waals surface area contributed by atoms with Crippen LogP contribution in [0.25, 0.3) is 0 Å². The Bertz CT molecular complexity index is 272. The fourth-order valence-electron chi connectivity index (χ4n) is 1.70. The van der Waals surface area contributed by atoms with E-state index in [2.05, 4.69) is 32.3 Å².